The van der Waals surface area contributed by atoms with E-state index in [4.69, 9.17) is 10.2 Å². The molecule has 0 radical (unpaired) electrons. The molecule has 0 saturated carbocycles. The van der Waals surface area contributed by atoms with E-state index in [1.54, 1.807) is 6.26 Å². The molecule has 0 fully saturated rings. The van der Waals surface area contributed by atoms with Crippen LogP contribution in [0.15, 0.2) is 53.1 Å². The van der Waals surface area contributed by atoms with Gasteiger partial charge in [-0.25, -0.2) is 4.98 Å². The van der Waals surface area contributed by atoms with E-state index in [-0.39, 0.29) is 0 Å². The number of aromatic nitrogens is 1. The van der Waals surface area contributed by atoms with Crippen molar-refractivity contribution < 1.29 is 4.42 Å². The zero-order valence-corrected chi connectivity index (χ0v) is 13.6. The smallest absolute Gasteiger partial charge is 0.226 e. The van der Waals surface area contributed by atoms with Crippen LogP contribution in [0.25, 0.3) is 22.7 Å². The Morgan fingerprint density at radius 3 is 2.61 bits per heavy atom. The molecule has 0 atom stereocenters. The Morgan fingerprint density at radius 1 is 1.13 bits per heavy atom. The second kappa shape index (κ2) is 6.16. The second-order valence-electron chi connectivity index (χ2n) is 5.95. The highest BCUT2D eigenvalue weighted by atomic mass is 16.3. The average molecular weight is 307 g/mol. The zero-order valence-electron chi connectivity index (χ0n) is 13.6. The lowest BCUT2D eigenvalue weighted by Crippen LogP contribution is -2.11. The molecule has 0 spiro atoms. The molecule has 0 saturated heterocycles. The first kappa shape index (κ1) is 15.2. The monoisotopic (exact) mass is 307 g/mol. The molecule has 4 heteroatoms. The summed E-state index contributed by atoms with van der Waals surface area (Å²) in [6, 6.07) is 14.3. The first-order valence-electron chi connectivity index (χ1n) is 7.72. The molecule has 0 unspecified atom stereocenters. The Balaban J connectivity index is 1.92. The number of aryl methyl sites for hydroxylation is 1. The highest BCUT2D eigenvalue weighted by molar-refractivity contribution is 5.74. The number of hydrogen-bond donors (Lipinski definition) is 2. The van der Waals surface area contributed by atoms with Crippen LogP contribution >= 0.6 is 0 Å². The molecular weight excluding hydrogens is 286 g/mol. The van der Waals surface area contributed by atoms with Crippen LogP contribution in [0.3, 0.4) is 0 Å². The van der Waals surface area contributed by atoms with Gasteiger partial charge < -0.3 is 15.5 Å². The van der Waals surface area contributed by atoms with E-state index in [1.165, 1.54) is 5.56 Å². The Hall–Kier alpha value is -2.75. The van der Waals surface area contributed by atoms with Crippen molar-refractivity contribution in [3.63, 3.8) is 0 Å². The Labute approximate surface area is 136 Å². The van der Waals surface area contributed by atoms with E-state index in [9.17, 15) is 0 Å². The van der Waals surface area contributed by atoms with Crippen molar-refractivity contribution in [3.05, 3.63) is 54.3 Å². The maximum atomic E-state index is 6.12. The van der Waals surface area contributed by atoms with Crippen molar-refractivity contribution in [3.8, 4) is 22.7 Å². The van der Waals surface area contributed by atoms with Gasteiger partial charge in [-0.1, -0.05) is 24.3 Å². The predicted molar refractivity (Wildman–Crippen MR) is 95.3 cm³/mol. The summed E-state index contributed by atoms with van der Waals surface area (Å²) in [4.78, 5) is 4.60. The van der Waals surface area contributed by atoms with Gasteiger partial charge in [0, 0.05) is 17.2 Å². The summed E-state index contributed by atoms with van der Waals surface area (Å²) in [5.41, 5.74) is 11.7. The lowest BCUT2D eigenvalue weighted by atomic mass is 10.1. The minimum atomic E-state index is 0.331. The quantitative estimate of drug-likeness (QED) is 0.685. The number of nitrogens with two attached hydrogens (primary N) is 1. The van der Waals surface area contributed by atoms with Gasteiger partial charge in [-0.3, -0.25) is 0 Å². The van der Waals surface area contributed by atoms with Gasteiger partial charge in [-0.15, -0.1) is 0 Å². The van der Waals surface area contributed by atoms with Crippen LogP contribution in [0, 0.1) is 6.92 Å². The summed E-state index contributed by atoms with van der Waals surface area (Å²) in [6.07, 6.45) is 1.69. The summed E-state index contributed by atoms with van der Waals surface area (Å²) >= 11 is 0. The lowest BCUT2D eigenvalue weighted by molar-refractivity contribution is 0.575. The minimum absolute atomic E-state index is 0.331. The van der Waals surface area contributed by atoms with Gasteiger partial charge in [0.25, 0.3) is 0 Å². The normalized spacial score (nSPS) is 11.0. The summed E-state index contributed by atoms with van der Waals surface area (Å²) < 4.78 is 5.65. The Kier molecular flexibility index (Phi) is 4.06. The van der Waals surface area contributed by atoms with Crippen molar-refractivity contribution in [2.24, 2.45) is 0 Å². The van der Waals surface area contributed by atoms with Gasteiger partial charge in [0.15, 0.2) is 0 Å². The number of nitrogens with one attached hydrogen (secondary N) is 1. The maximum absolute atomic E-state index is 6.12. The molecule has 4 nitrogen and oxygen atoms in total. The molecule has 3 N–H and O–H groups in total. The number of hydrogen-bond acceptors (Lipinski definition) is 4. The number of rotatable bonds is 4. The zero-order chi connectivity index (χ0) is 16.4. The molecule has 3 aromatic rings. The standard InChI is InChI=1S/C19H21N3O/c1-12(2)21-17-9-8-14(10-16(17)20)19-22-18(11-23-19)15-7-5-4-6-13(15)3/h4-12,21H,20H2,1-3H3. The van der Waals surface area contributed by atoms with Crippen molar-refractivity contribution in [1.29, 1.82) is 0 Å². The molecule has 0 amide bonds. The molecule has 3 rings (SSSR count). The molecule has 0 aliphatic heterocycles. The van der Waals surface area contributed by atoms with E-state index < -0.39 is 0 Å². The third-order valence-electron chi connectivity index (χ3n) is 3.67. The summed E-state index contributed by atoms with van der Waals surface area (Å²) in [7, 11) is 0. The van der Waals surface area contributed by atoms with Gasteiger partial charge in [-0.2, -0.15) is 0 Å². The first-order valence-corrected chi connectivity index (χ1v) is 7.72. The Bertz CT molecular complexity index is 821. The molecule has 118 valence electrons. The van der Waals surface area contributed by atoms with E-state index in [0.717, 1.165) is 22.5 Å². The molecule has 1 heterocycles. The topological polar surface area (TPSA) is 64.1 Å². The van der Waals surface area contributed by atoms with Crippen LogP contribution in [-0.4, -0.2) is 11.0 Å². The highest BCUT2D eigenvalue weighted by Crippen LogP contribution is 2.30. The summed E-state index contributed by atoms with van der Waals surface area (Å²) in [5, 5.41) is 3.31. The SMILES string of the molecule is Cc1ccccc1-c1coc(-c2ccc(NC(C)C)c(N)c2)n1. The predicted octanol–water partition coefficient (Wildman–Crippen LogP) is 4.72. The molecule has 23 heavy (non-hydrogen) atoms. The van der Waals surface area contributed by atoms with Gasteiger partial charge in [-0.05, 0) is 44.5 Å². The van der Waals surface area contributed by atoms with Crippen LogP contribution in [-0.2, 0) is 0 Å². The van der Waals surface area contributed by atoms with Crippen molar-refractivity contribution in [1.82, 2.24) is 4.98 Å². The third-order valence-corrected chi connectivity index (χ3v) is 3.67. The first-order chi connectivity index (χ1) is 11.0. The third kappa shape index (κ3) is 3.21. The fourth-order valence-corrected chi connectivity index (χ4v) is 2.53. The number of nitrogen functional groups attached to an aromatic ring is 1. The number of oxazole rings is 1. The molecule has 0 bridgehead atoms. The lowest BCUT2D eigenvalue weighted by Gasteiger charge is -2.12. The molecule has 2 aromatic carbocycles. The van der Waals surface area contributed by atoms with Crippen LogP contribution in [0.2, 0.25) is 0 Å². The van der Waals surface area contributed by atoms with Crippen molar-refractivity contribution >= 4 is 11.4 Å². The fraction of sp³-hybridized carbons (Fsp3) is 0.211. The second-order valence-corrected chi connectivity index (χ2v) is 5.95. The van der Waals surface area contributed by atoms with Crippen molar-refractivity contribution in [2.75, 3.05) is 11.1 Å². The average Bonchev–Trinajstić information content (AvgIpc) is 2.99. The van der Waals surface area contributed by atoms with Crippen molar-refractivity contribution in [2.45, 2.75) is 26.8 Å². The minimum Gasteiger partial charge on any atom is -0.444 e. The van der Waals surface area contributed by atoms with Crippen LogP contribution in [0.4, 0.5) is 11.4 Å². The Morgan fingerprint density at radius 2 is 1.91 bits per heavy atom. The van der Waals surface area contributed by atoms with Gasteiger partial charge >= 0.3 is 0 Å². The summed E-state index contributed by atoms with van der Waals surface area (Å²) in [6.45, 7) is 6.22. The van der Waals surface area contributed by atoms with Gasteiger partial charge in [0.2, 0.25) is 5.89 Å². The van der Waals surface area contributed by atoms with E-state index in [1.807, 2.05) is 36.4 Å². The highest BCUT2D eigenvalue weighted by Gasteiger charge is 2.11. The maximum Gasteiger partial charge on any atom is 0.226 e. The van der Waals surface area contributed by atoms with E-state index in [2.05, 4.69) is 37.1 Å². The number of anilines is 2. The number of benzene rings is 2. The van der Waals surface area contributed by atoms with Gasteiger partial charge in [0.1, 0.15) is 12.0 Å². The fourth-order valence-electron chi connectivity index (χ4n) is 2.53. The van der Waals surface area contributed by atoms with E-state index >= 15 is 0 Å². The molecular formula is C19H21N3O. The largest absolute Gasteiger partial charge is 0.444 e. The molecule has 0 aliphatic carbocycles. The summed E-state index contributed by atoms with van der Waals surface area (Å²) in [5.74, 6) is 0.575. The van der Waals surface area contributed by atoms with E-state index in [0.29, 0.717) is 17.6 Å². The van der Waals surface area contributed by atoms with Gasteiger partial charge in [0.05, 0.1) is 11.4 Å². The molecule has 1 aromatic heterocycles. The van der Waals surface area contributed by atoms with Crippen LogP contribution in [0.1, 0.15) is 19.4 Å². The van der Waals surface area contributed by atoms with Crippen LogP contribution < -0.4 is 11.1 Å². The van der Waals surface area contributed by atoms with Crippen LogP contribution in [0.5, 0.6) is 0 Å². The molecule has 0 aliphatic rings. The number of nitrogens with zero attached hydrogens (tertiary/aromatic N) is 1.